The third-order valence-corrected chi connectivity index (χ3v) is 5.32. The molecule has 1 aliphatic rings. The van der Waals surface area contributed by atoms with Crippen LogP contribution < -0.4 is 10.9 Å². The molecule has 7 nitrogen and oxygen atoms in total. The summed E-state index contributed by atoms with van der Waals surface area (Å²) in [6.45, 7) is 0.921. The Morgan fingerprint density at radius 2 is 1.80 bits per heavy atom. The third kappa shape index (κ3) is 4.15. The molecule has 152 valence electrons. The average molecular weight is 402 g/mol. The summed E-state index contributed by atoms with van der Waals surface area (Å²) in [6, 6.07) is 16.7. The van der Waals surface area contributed by atoms with Gasteiger partial charge in [-0.15, -0.1) is 0 Å². The molecule has 7 heteroatoms. The summed E-state index contributed by atoms with van der Waals surface area (Å²) >= 11 is 0. The van der Waals surface area contributed by atoms with E-state index >= 15 is 0 Å². The van der Waals surface area contributed by atoms with Crippen molar-refractivity contribution < 1.29 is 14.4 Å². The summed E-state index contributed by atoms with van der Waals surface area (Å²) in [5.74, 6) is -1.20. The van der Waals surface area contributed by atoms with E-state index in [0.29, 0.717) is 30.6 Å². The van der Waals surface area contributed by atoms with Crippen LogP contribution in [0.2, 0.25) is 0 Å². The molecule has 0 radical (unpaired) electrons. The number of aromatic nitrogens is 1. The smallest absolute Gasteiger partial charge is 0.271 e. The largest absolute Gasteiger partial charge is 0.338 e. The number of nitrogens with one attached hydrogen (secondary N) is 2. The molecular weight excluding hydrogens is 380 g/mol. The second kappa shape index (κ2) is 8.73. The molecule has 1 atom stereocenters. The van der Waals surface area contributed by atoms with Crippen molar-refractivity contribution in [1.82, 2.24) is 20.7 Å². The first-order chi connectivity index (χ1) is 14.6. The molecule has 1 saturated heterocycles. The zero-order chi connectivity index (χ0) is 20.9. The highest BCUT2D eigenvalue weighted by atomic mass is 16.2. The minimum Gasteiger partial charge on any atom is -0.338 e. The third-order valence-electron chi connectivity index (χ3n) is 5.32. The molecular formula is C23H22N4O3. The van der Waals surface area contributed by atoms with Crippen molar-refractivity contribution in [3.63, 3.8) is 0 Å². The molecule has 3 aromatic rings. The van der Waals surface area contributed by atoms with Crippen molar-refractivity contribution in [2.75, 3.05) is 13.1 Å². The molecule has 2 aromatic carbocycles. The van der Waals surface area contributed by atoms with Gasteiger partial charge in [0.15, 0.2) is 0 Å². The van der Waals surface area contributed by atoms with Crippen LogP contribution in [-0.4, -0.2) is 40.7 Å². The quantitative estimate of drug-likeness (QED) is 0.659. The number of nitrogens with zero attached hydrogens (tertiary/aromatic N) is 2. The number of piperidine rings is 1. The zero-order valence-corrected chi connectivity index (χ0v) is 16.4. The molecule has 1 fully saturated rings. The first-order valence-electron chi connectivity index (χ1n) is 9.91. The van der Waals surface area contributed by atoms with Crippen LogP contribution in [0.4, 0.5) is 0 Å². The molecule has 3 amide bonds. The molecule has 1 aliphatic heterocycles. The van der Waals surface area contributed by atoms with Crippen molar-refractivity contribution in [3.8, 4) is 0 Å². The van der Waals surface area contributed by atoms with Crippen LogP contribution in [-0.2, 0) is 4.79 Å². The number of pyridine rings is 1. The summed E-state index contributed by atoms with van der Waals surface area (Å²) in [5, 5.41) is 1.91. The highest BCUT2D eigenvalue weighted by Gasteiger charge is 2.29. The first-order valence-corrected chi connectivity index (χ1v) is 9.91. The maximum atomic E-state index is 13.2. The lowest BCUT2D eigenvalue weighted by Gasteiger charge is -2.32. The lowest BCUT2D eigenvalue weighted by atomic mass is 9.96. The van der Waals surface area contributed by atoms with Gasteiger partial charge in [0.1, 0.15) is 0 Å². The maximum Gasteiger partial charge on any atom is 0.271 e. The van der Waals surface area contributed by atoms with Crippen LogP contribution in [0.15, 0.2) is 67.0 Å². The van der Waals surface area contributed by atoms with Crippen LogP contribution in [0.5, 0.6) is 0 Å². The molecule has 1 aromatic heterocycles. The molecule has 0 bridgehead atoms. The predicted molar refractivity (Wildman–Crippen MR) is 112 cm³/mol. The fraction of sp³-hybridized carbons (Fsp3) is 0.217. The minimum atomic E-state index is -0.434. The predicted octanol–water partition coefficient (Wildman–Crippen LogP) is 2.55. The second-order valence-electron chi connectivity index (χ2n) is 7.30. The Labute approximate surface area is 174 Å². The van der Waals surface area contributed by atoms with E-state index in [1.807, 2.05) is 42.5 Å². The summed E-state index contributed by atoms with van der Waals surface area (Å²) in [7, 11) is 0. The van der Waals surface area contributed by atoms with Gasteiger partial charge in [0, 0.05) is 31.0 Å². The Balaban J connectivity index is 1.41. The normalized spacial score (nSPS) is 16.1. The monoisotopic (exact) mass is 402 g/mol. The highest BCUT2D eigenvalue weighted by molar-refractivity contribution is 6.07. The highest BCUT2D eigenvalue weighted by Crippen LogP contribution is 2.23. The fourth-order valence-corrected chi connectivity index (χ4v) is 3.75. The minimum absolute atomic E-state index is 0.0799. The van der Waals surface area contributed by atoms with Crippen LogP contribution >= 0.6 is 0 Å². The van der Waals surface area contributed by atoms with Gasteiger partial charge in [0.25, 0.3) is 11.8 Å². The van der Waals surface area contributed by atoms with Gasteiger partial charge in [-0.2, -0.15) is 0 Å². The number of rotatable bonds is 3. The Hall–Kier alpha value is -3.74. The Morgan fingerprint density at radius 3 is 2.63 bits per heavy atom. The summed E-state index contributed by atoms with van der Waals surface area (Å²) in [5.41, 5.74) is 5.88. The van der Waals surface area contributed by atoms with Crippen molar-refractivity contribution in [2.24, 2.45) is 5.92 Å². The van der Waals surface area contributed by atoms with Crippen LogP contribution in [0, 0.1) is 5.92 Å². The molecule has 30 heavy (non-hydrogen) atoms. The van der Waals surface area contributed by atoms with E-state index in [9.17, 15) is 14.4 Å². The SMILES string of the molecule is O=C(NNC(=O)C1CCCN(C(=O)c2cccc3ccccc23)C1)c1cccnc1. The topological polar surface area (TPSA) is 91.4 Å². The molecule has 4 rings (SSSR count). The molecule has 2 N–H and O–H groups in total. The number of carbonyl (C=O) groups excluding carboxylic acids is 3. The van der Waals surface area contributed by atoms with Gasteiger partial charge in [-0.3, -0.25) is 30.2 Å². The van der Waals surface area contributed by atoms with Crippen LogP contribution in [0.25, 0.3) is 10.8 Å². The van der Waals surface area contributed by atoms with Gasteiger partial charge in [0.2, 0.25) is 5.91 Å². The van der Waals surface area contributed by atoms with Crippen molar-refractivity contribution >= 4 is 28.5 Å². The van der Waals surface area contributed by atoms with E-state index in [0.717, 1.165) is 17.2 Å². The number of fused-ring (bicyclic) bond motifs is 1. The average Bonchev–Trinajstić information content (AvgIpc) is 2.82. The molecule has 2 heterocycles. The van der Waals surface area contributed by atoms with Gasteiger partial charge >= 0.3 is 0 Å². The van der Waals surface area contributed by atoms with E-state index < -0.39 is 5.91 Å². The number of carbonyl (C=O) groups is 3. The molecule has 0 spiro atoms. The zero-order valence-electron chi connectivity index (χ0n) is 16.4. The maximum absolute atomic E-state index is 13.2. The van der Waals surface area contributed by atoms with Crippen molar-refractivity contribution in [1.29, 1.82) is 0 Å². The van der Waals surface area contributed by atoms with Crippen molar-refractivity contribution in [3.05, 3.63) is 78.1 Å². The number of amides is 3. The number of likely N-dealkylation sites (tertiary alicyclic amines) is 1. The number of hydrogen-bond donors (Lipinski definition) is 2. The Kier molecular flexibility index (Phi) is 5.70. The van der Waals surface area contributed by atoms with Gasteiger partial charge in [0.05, 0.1) is 11.5 Å². The lowest BCUT2D eigenvalue weighted by molar-refractivity contribution is -0.127. The van der Waals surface area contributed by atoms with E-state index in [2.05, 4.69) is 15.8 Å². The van der Waals surface area contributed by atoms with E-state index in [1.54, 1.807) is 23.2 Å². The first kappa shape index (κ1) is 19.6. The summed E-state index contributed by atoms with van der Waals surface area (Å²) in [4.78, 5) is 43.4. The molecule has 1 unspecified atom stereocenters. The van der Waals surface area contributed by atoms with Crippen molar-refractivity contribution in [2.45, 2.75) is 12.8 Å². The number of benzene rings is 2. The molecule has 0 aliphatic carbocycles. The Morgan fingerprint density at radius 1 is 0.967 bits per heavy atom. The second-order valence-corrected chi connectivity index (χ2v) is 7.30. The summed E-state index contributed by atoms with van der Waals surface area (Å²) in [6.07, 6.45) is 4.38. The van der Waals surface area contributed by atoms with Crippen LogP contribution in [0.3, 0.4) is 0 Å². The number of hydrazine groups is 1. The fourth-order valence-electron chi connectivity index (χ4n) is 3.75. The Bertz CT molecular complexity index is 1080. The van der Waals surface area contributed by atoms with E-state index in [4.69, 9.17) is 0 Å². The van der Waals surface area contributed by atoms with Gasteiger partial charge in [-0.05, 0) is 41.8 Å². The van der Waals surface area contributed by atoms with E-state index in [1.165, 1.54) is 6.20 Å². The summed E-state index contributed by atoms with van der Waals surface area (Å²) < 4.78 is 0. The van der Waals surface area contributed by atoms with E-state index in [-0.39, 0.29) is 17.7 Å². The van der Waals surface area contributed by atoms with Crippen LogP contribution in [0.1, 0.15) is 33.6 Å². The van der Waals surface area contributed by atoms with Gasteiger partial charge < -0.3 is 4.90 Å². The number of hydrogen-bond acceptors (Lipinski definition) is 4. The standard InChI is InChI=1S/C23H22N4O3/c28-21(17-8-4-12-24-14-17)25-26-22(29)18-9-5-13-27(15-18)23(30)20-11-3-7-16-6-1-2-10-19(16)20/h1-4,6-8,10-12,14,18H,5,9,13,15H2,(H,25,28)(H,26,29). The molecule has 0 saturated carbocycles. The van der Waals surface area contributed by atoms with Gasteiger partial charge in [-0.25, -0.2) is 0 Å². The van der Waals surface area contributed by atoms with Gasteiger partial charge in [-0.1, -0.05) is 36.4 Å². The lowest BCUT2D eigenvalue weighted by Crippen LogP contribution is -2.50.